The van der Waals surface area contributed by atoms with Gasteiger partial charge in [-0.25, -0.2) is 0 Å². The average molecular weight is 332 g/mol. The SMILES string of the molecule is O=C1Oc2ccccc2C(c2ccccc2)(c2ccccc2)C1S. The Labute approximate surface area is 146 Å². The maximum atomic E-state index is 12.6. The molecule has 3 aromatic rings. The first kappa shape index (κ1) is 15.0. The number of hydrogen-bond acceptors (Lipinski definition) is 3. The molecule has 0 amide bonds. The third-order valence-corrected chi connectivity index (χ3v) is 5.21. The number of carbonyl (C=O) groups excluding carboxylic acids is 1. The predicted molar refractivity (Wildman–Crippen MR) is 97.6 cm³/mol. The third-order valence-electron chi connectivity index (χ3n) is 4.61. The molecular formula is C21H16O2S. The molecule has 0 spiro atoms. The Morgan fingerprint density at radius 3 is 1.83 bits per heavy atom. The van der Waals surface area contributed by atoms with Crippen molar-refractivity contribution in [3.63, 3.8) is 0 Å². The van der Waals surface area contributed by atoms with Crippen LogP contribution in [0.15, 0.2) is 84.9 Å². The van der Waals surface area contributed by atoms with Crippen molar-refractivity contribution >= 4 is 18.6 Å². The molecular weight excluding hydrogens is 316 g/mol. The maximum Gasteiger partial charge on any atom is 0.325 e. The number of benzene rings is 3. The van der Waals surface area contributed by atoms with Crippen LogP contribution in [0.2, 0.25) is 0 Å². The molecule has 0 bridgehead atoms. The Hall–Kier alpha value is -2.52. The number of ether oxygens (including phenoxy) is 1. The summed E-state index contributed by atoms with van der Waals surface area (Å²) in [5.74, 6) is 0.269. The molecule has 0 saturated carbocycles. The summed E-state index contributed by atoms with van der Waals surface area (Å²) in [4.78, 5) is 12.6. The number of carbonyl (C=O) groups is 1. The minimum Gasteiger partial charge on any atom is -0.425 e. The Morgan fingerprint density at radius 1 is 0.750 bits per heavy atom. The first-order valence-corrected chi connectivity index (χ1v) is 8.36. The van der Waals surface area contributed by atoms with E-state index in [2.05, 4.69) is 0 Å². The highest BCUT2D eigenvalue weighted by Gasteiger charge is 2.51. The van der Waals surface area contributed by atoms with Gasteiger partial charge in [-0.1, -0.05) is 78.9 Å². The number of rotatable bonds is 2. The average Bonchev–Trinajstić information content (AvgIpc) is 2.65. The van der Waals surface area contributed by atoms with Crippen molar-refractivity contribution in [2.75, 3.05) is 0 Å². The molecule has 0 fully saturated rings. The number of para-hydroxylation sites is 1. The van der Waals surface area contributed by atoms with E-state index < -0.39 is 10.7 Å². The van der Waals surface area contributed by atoms with Crippen molar-refractivity contribution in [1.82, 2.24) is 0 Å². The lowest BCUT2D eigenvalue weighted by Gasteiger charge is -2.42. The second-order valence-electron chi connectivity index (χ2n) is 5.86. The van der Waals surface area contributed by atoms with Crippen LogP contribution >= 0.6 is 12.6 Å². The minimum absolute atomic E-state index is 0.329. The molecule has 24 heavy (non-hydrogen) atoms. The molecule has 0 radical (unpaired) electrons. The van der Waals surface area contributed by atoms with Gasteiger partial charge in [-0.2, -0.15) is 12.6 Å². The van der Waals surface area contributed by atoms with Crippen molar-refractivity contribution < 1.29 is 9.53 Å². The van der Waals surface area contributed by atoms with E-state index in [1.807, 2.05) is 84.9 Å². The van der Waals surface area contributed by atoms with Crippen molar-refractivity contribution in [2.24, 2.45) is 0 Å². The van der Waals surface area contributed by atoms with Crippen LogP contribution in [-0.4, -0.2) is 11.2 Å². The standard InChI is InChI=1S/C21H16O2S/c22-20-19(24)21(15-9-3-1-4-10-15,16-11-5-2-6-12-16)17-13-7-8-14-18(17)23-20/h1-14,19,24H. The molecule has 0 saturated heterocycles. The van der Waals surface area contributed by atoms with Gasteiger partial charge in [-0.3, -0.25) is 4.79 Å². The molecule has 118 valence electrons. The fraction of sp³-hybridized carbons (Fsp3) is 0.0952. The summed E-state index contributed by atoms with van der Waals surface area (Å²) in [7, 11) is 0. The molecule has 3 aromatic carbocycles. The number of thiol groups is 1. The van der Waals surface area contributed by atoms with Crippen LogP contribution in [0.3, 0.4) is 0 Å². The van der Waals surface area contributed by atoms with Gasteiger partial charge in [0.15, 0.2) is 0 Å². The second-order valence-corrected chi connectivity index (χ2v) is 6.38. The summed E-state index contributed by atoms with van der Waals surface area (Å²) < 4.78 is 5.53. The van der Waals surface area contributed by atoms with Crippen LogP contribution in [0, 0.1) is 0 Å². The monoisotopic (exact) mass is 332 g/mol. The van der Waals surface area contributed by atoms with E-state index in [9.17, 15) is 4.79 Å². The number of hydrogen-bond donors (Lipinski definition) is 1. The van der Waals surface area contributed by atoms with Crippen LogP contribution < -0.4 is 4.74 Å². The third kappa shape index (κ3) is 2.09. The van der Waals surface area contributed by atoms with Gasteiger partial charge in [0, 0.05) is 5.56 Å². The highest BCUT2D eigenvalue weighted by atomic mass is 32.1. The highest BCUT2D eigenvalue weighted by Crippen LogP contribution is 2.50. The van der Waals surface area contributed by atoms with Crippen LogP contribution in [-0.2, 0) is 10.2 Å². The zero-order chi connectivity index (χ0) is 16.6. The summed E-state index contributed by atoms with van der Waals surface area (Å²) in [6, 6.07) is 27.8. The lowest BCUT2D eigenvalue weighted by atomic mass is 9.66. The van der Waals surface area contributed by atoms with Crippen LogP contribution in [0.4, 0.5) is 0 Å². The van der Waals surface area contributed by atoms with Crippen molar-refractivity contribution in [1.29, 1.82) is 0 Å². The summed E-state index contributed by atoms with van der Waals surface area (Å²) in [6.07, 6.45) is 0. The smallest absolute Gasteiger partial charge is 0.325 e. The topological polar surface area (TPSA) is 26.3 Å². The normalized spacial score (nSPS) is 18.5. The Bertz CT molecular complexity index is 835. The molecule has 1 aliphatic rings. The van der Waals surface area contributed by atoms with E-state index in [0.29, 0.717) is 5.75 Å². The molecule has 0 N–H and O–H groups in total. The fourth-order valence-corrected chi connectivity index (χ4v) is 4.06. The van der Waals surface area contributed by atoms with Crippen LogP contribution in [0.25, 0.3) is 0 Å². The van der Waals surface area contributed by atoms with Gasteiger partial charge in [0.25, 0.3) is 0 Å². The van der Waals surface area contributed by atoms with Crippen molar-refractivity contribution in [3.05, 3.63) is 102 Å². The van der Waals surface area contributed by atoms with E-state index in [4.69, 9.17) is 17.4 Å². The van der Waals surface area contributed by atoms with Gasteiger partial charge < -0.3 is 4.74 Å². The number of esters is 1. The minimum atomic E-state index is -0.683. The number of fused-ring (bicyclic) bond motifs is 1. The molecule has 4 rings (SSSR count). The first-order chi connectivity index (χ1) is 11.7. The van der Waals surface area contributed by atoms with Gasteiger partial charge >= 0.3 is 5.97 Å². The zero-order valence-corrected chi connectivity index (χ0v) is 13.8. The van der Waals surface area contributed by atoms with Gasteiger partial charge in [0.1, 0.15) is 11.0 Å². The van der Waals surface area contributed by atoms with Crippen LogP contribution in [0.5, 0.6) is 5.75 Å². The quantitative estimate of drug-likeness (QED) is 0.432. The molecule has 1 atom stereocenters. The molecule has 0 aromatic heterocycles. The molecule has 1 aliphatic heterocycles. The van der Waals surface area contributed by atoms with Gasteiger partial charge in [-0.05, 0) is 17.2 Å². The lowest BCUT2D eigenvalue weighted by Crippen LogP contribution is -2.48. The molecule has 3 heteroatoms. The first-order valence-electron chi connectivity index (χ1n) is 7.85. The van der Waals surface area contributed by atoms with E-state index in [1.54, 1.807) is 0 Å². The highest BCUT2D eigenvalue weighted by molar-refractivity contribution is 7.82. The van der Waals surface area contributed by atoms with Gasteiger partial charge in [0.2, 0.25) is 0 Å². The van der Waals surface area contributed by atoms with E-state index >= 15 is 0 Å². The van der Waals surface area contributed by atoms with Crippen molar-refractivity contribution in [2.45, 2.75) is 10.7 Å². The summed E-state index contributed by atoms with van der Waals surface area (Å²) in [6.45, 7) is 0. The Morgan fingerprint density at radius 2 is 1.25 bits per heavy atom. The predicted octanol–water partition coefficient (Wildman–Crippen LogP) is 4.24. The van der Waals surface area contributed by atoms with Crippen molar-refractivity contribution in [3.8, 4) is 5.75 Å². The van der Waals surface area contributed by atoms with Gasteiger partial charge in [-0.15, -0.1) is 0 Å². The second kappa shape index (κ2) is 5.84. The fourth-order valence-electron chi connectivity index (χ4n) is 3.57. The lowest BCUT2D eigenvalue weighted by molar-refractivity contribution is -0.135. The Balaban J connectivity index is 2.12. The maximum absolute atomic E-state index is 12.6. The van der Waals surface area contributed by atoms with Gasteiger partial charge in [0.05, 0.1) is 5.41 Å². The van der Waals surface area contributed by atoms with E-state index in [-0.39, 0.29) is 5.97 Å². The molecule has 1 heterocycles. The largest absolute Gasteiger partial charge is 0.425 e. The summed E-state index contributed by atoms with van der Waals surface area (Å²) in [5.41, 5.74) is 2.33. The van der Waals surface area contributed by atoms with Crippen LogP contribution in [0.1, 0.15) is 16.7 Å². The summed E-state index contributed by atoms with van der Waals surface area (Å²) >= 11 is 4.71. The zero-order valence-electron chi connectivity index (χ0n) is 12.9. The summed E-state index contributed by atoms with van der Waals surface area (Å²) in [5, 5.41) is -0.628. The molecule has 1 unspecified atom stereocenters. The molecule has 0 aliphatic carbocycles. The molecule has 2 nitrogen and oxygen atoms in total. The van der Waals surface area contributed by atoms with E-state index in [0.717, 1.165) is 16.7 Å². The van der Waals surface area contributed by atoms with E-state index in [1.165, 1.54) is 0 Å². The Kier molecular flexibility index (Phi) is 3.66.